The van der Waals surface area contributed by atoms with E-state index in [0.717, 1.165) is 0 Å². The smallest absolute Gasteiger partial charge is 0.322 e. The van der Waals surface area contributed by atoms with Crippen molar-refractivity contribution in [3.63, 3.8) is 0 Å². The van der Waals surface area contributed by atoms with Gasteiger partial charge in [0.2, 0.25) is 23.6 Å². The SMILES string of the molecule is CC(C)CC(N)C(=O)NC(CC(N)=O)C(=O)NCC(=O)NCC(=O)O. The van der Waals surface area contributed by atoms with Crippen LogP contribution in [0.3, 0.4) is 0 Å². The quantitative estimate of drug-likeness (QED) is 0.227. The molecule has 2 unspecified atom stereocenters. The molecular formula is C14H25N5O6. The third-order valence-corrected chi connectivity index (χ3v) is 2.96. The van der Waals surface area contributed by atoms with Crippen molar-refractivity contribution in [2.75, 3.05) is 13.1 Å². The fourth-order valence-corrected chi connectivity index (χ4v) is 1.83. The number of nitrogens with two attached hydrogens (primary N) is 2. The van der Waals surface area contributed by atoms with Gasteiger partial charge in [-0.05, 0) is 12.3 Å². The molecule has 4 amide bonds. The maximum absolute atomic E-state index is 12.0. The van der Waals surface area contributed by atoms with E-state index in [0.29, 0.717) is 6.42 Å². The Morgan fingerprint density at radius 3 is 2.08 bits per heavy atom. The van der Waals surface area contributed by atoms with E-state index >= 15 is 0 Å². The Bertz CT molecular complexity index is 522. The highest BCUT2D eigenvalue weighted by Crippen LogP contribution is 2.03. The Labute approximate surface area is 144 Å². The van der Waals surface area contributed by atoms with Crippen LogP contribution in [-0.4, -0.2) is 59.9 Å². The van der Waals surface area contributed by atoms with Crippen LogP contribution in [0.5, 0.6) is 0 Å². The second kappa shape index (κ2) is 11.0. The molecule has 0 aliphatic rings. The zero-order chi connectivity index (χ0) is 19.6. The molecule has 0 bridgehead atoms. The molecule has 0 aromatic carbocycles. The summed E-state index contributed by atoms with van der Waals surface area (Å²) in [7, 11) is 0. The van der Waals surface area contributed by atoms with Crippen molar-refractivity contribution in [3.05, 3.63) is 0 Å². The zero-order valence-corrected chi connectivity index (χ0v) is 14.2. The molecule has 0 aliphatic carbocycles. The van der Waals surface area contributed by atoms with Gasteiger partial charge in [0.1, 0.15) is 12.6 Å². The number of carbonyl (C=O) groups excluding carboxylic acids is 4. The van der Waals surface area contributed by atoms with Crippen LogP contribution < -0.4 is 27.4 Å². The molecule has 11 nitrogen and oxygen atoms in total. The molecule has 2 atom stereocenters. The Balaban J connectivity index is 4.66. The number of amides is 4. The molecule has 0 heterocycles. The fourth-order valence-electron chi connectivity index (χ4n) is 1.83. The molecule has 0 aromatic rings. The van der Waals surface area contributed by atoms with Crippen LogP contribution in [0.1, 0.15) is 26.7 Å². The van der Waals surface area contributed by atoms with Crippen LogP contribution in [-0.2, 0) is 24.0 Å². The molecule has 25 heavy (non-hydrogen) atoms. The number of primary amides is 1. The van der Waals surface area contributed by atoms with Crippen molar-refractivity contribution in [1.82, 2.24) is 16.0 Å². The first-order valence-corrected chi connectivity index (χ1v) is 7.63. The first-order valence-electron chi connectivity index (χ1n) is 7.63. The monoisotopic (exact) mass is 359 g/mol. The first-order chi connectivity index (χ1) is 11.5. The van der Waals surface area contributed by atoms with Crippen molar-refractivity contribution >= 4 is 29.6 Å². The molecule has 0 saturated carbocycles. The summed E-state index contributed by atoms with van der Waals surface area (Å²) < 4.78 is 0. The number of hydrogen-bond acceptors (Lipinski definition) is 6. The highest BCUT2D eigenvalue weighted by Gasteiger charge is 2.26. The van der Waals surface area contributed by atoms with E-state index in [2.05, 4.69) is 10.6 Å². The minimum Gasteiger partial charge on any atom is -0.480 e. The minimum atomic E-state index is -1.28. The van der Waals surface area contributed by atoms with Gasteiger partial charge in [-0.15, -0.1) is 0 Å². The number of aliphatic carboxylic acids is 1. The summed E-state index contributed by atoms with van der Waals surface area (Å²) in [5.41, 5.74) is 10.8. The molecule has 8 N–H and O–H groups in total. The highest BCUT2D eigenvalue weighted by atomic mass is 16.4. The highest BCUT2D eigenvalue weighted by molar-refractivity contribution is 5.94. The molecule has 0 spiro atoms. The van der Waals surface area contributed by atoms with Crippen molar-refractivity contribution in [2.45, 2.75) is 38.8 Å². The second-order valence-corrected chi connectivity index (χ2v) is 5.86. The van der Waals surface area contributed by atoms with Crippen LogP contribution >= 0.6 is 0 Å². The van der Waals surface area contributed by atoms with E-state index in [1.807, 2.05) is 19.2 Å². The number of hydrogen-bond donors (Lipinski definition) is 6. The van der Waals surface area contributed by atoms with Crippen molar-refractivity contribution in [1.29, 1.82) is 0 Å². The van der Waals surface area contributed by atoms with E-state index in [4.69, 9.17) is 16.6 Å². The topological polar surface area (TPSA) is 194 Å². The van der Waals surface area contributed by atoms with Crippen molar-refractivity contribution in [2.24, 2.45) is 17.4 Å². The molecule has 0 radical (unpaired) electrons. The molecule has 0 rings (SSSR count). The van der Waals surface area contributed by atoms with E-state index < -0.39 is 61.2 Å². The summed E-state index contributed by atoms with van der Waals surface area (Å²) in [6.07, 6.45) is -0.0863. The van der Waals surface area contributed by atoms with Gasteiger partial charge in [0.05, 0.1) is 19.0 Å². The summed E-state index contributed by atoms with van der Waals surface area (Å²) in [5, 5.41) is 15.0. The van der Waals surface area contributed by atoms with Crippen LogP contribution in [0.25, 0.3) is 0 Å². The maximum Gasteiger partial charge on any atom is 0.322 e. The van der Waals surface area contributed by atoms with E-state index in [-0.39, 0.29) is 5.92 Å². The van der Waals surface area contributed by atoms with Crippen LogP contribution in [0.15, 0.2) is 0 Å². The van der Waals surface area contributed by atoms with E-state index in [9.17, 15) is 24.0 Å². The van der Waals surface area contributed by atoms with Gasteiger partial charge in [-0.1, -0.05) is 13.8 Å². The molecule has 0 aromatic heterocycles. The molecule has 0 fully saturated rings. The third kappa shape index (κ3) is 10.7. The summed E-state index contributed by atoms with van der Waals surface area (Å²) in [6.45, 7) is 2.63. The second-order valence-electron chi connectivity index (χ2n) is 5.86. The molecule has 0 aliphatic heterocycles. The van der Waals surface area contributed by atoms with Gasteiger partial charge in [-0.2, -0.15) is 0 Å². The lowest BCUT2D eigenvalue weighted by atomic mass is 10.0. The number of carboxylic acids is 1. The molecular weight excluding hydrogens is 334 g/mol. The van der Waals surface area contributed by atoms with Gasteiger partial charge in [-0.25, -0.2) is 0 Å². The summed E-state index contributed by atoms with van der Waals surface area (Å²) in [6, 6.07) is -2.14. The number of nitrogens with one attached hydrogen (secondary N) is 3. The van der Waals surface area contributed by atoms with Gasteiger partial charge in [0.25, 0.3) is 0 Å². The Kier molecular flexibility index (Phi) is 9.79. The predicted octanol–water partition coefficient (Wildman–Crippen LogP) is -2.96. The third-order valence-electron chi connectivity index (χ3n) is 2.96. The van der Waals surface area contributed by atoms with Crippen molar-refractivity contribution in [3.8, 4) is 0 Å². The maximum atomic E-state index is 12.0. The van der Waals surface area contributed by atoms with Gasteiger partial charge < -0.3 is 32.5 Å². The van der Waals surface area contributed by atoms with E-state index in [1.54, 1.807) is 0 Å². The Morgan fingerprint density at radius 1 is 1.00 bits per heavy atom. The molecule has 142 valence electrons. The zero-order valence-electron chi connectivity index (χ0n) is 14.2. The predicted molar refractivity (Wildman–Crippen MR) is 86.8 cm³/mol. The van der Waals surface area contributed by atoms with Gasteiger partial charge in [0, 0.05) is 0 Å². The van der Waals surface area contributed by atoms with Gasteiger partial charge in [0.15, 0.2) is 0 Å². The number of carbonyl (C=O) groups is 5. The summed E-state index contributed by atoms with van der Waals surface area (Å²) in [4.78, 5) is 56.8. The Morgan fingerprint density at radius 2 is 1.60 bits per heavy atom. The first kappa shape index (κ1) is 22.3. The molecule has 11 heteroatoms. The number of carboxylic acid groups (broad SMARTS) is 1. The van der Waals surface area contributed by atoms with Crippen LogP contribution in [0.4, 0.5) is 0 Å². The Hall–Kier alpha value is -2.69. The van der Waals surface area contributed by atoms with E-state index in [1.165, 1.54) is 0 Å². The van der Waals surface area contributed by atoms with Crippen molar-refractivity contribution < 1.29 is 29.1 Å². The lowest BCUT2D eigenvalue weighted by molar-refractivity contribution is -0.138. The normalized spacial score (nSPS) is 12.8. The average Bonchev–Trinajstić information content (AvgIpc) is 2.48. The molecule has 0 saturated heterocycles. The lowest BCUT2D eigenvalue weighted by Gasteiger charge is -2.20. The lowest BCUT2D eigenvalue weighted by Crippen LogP contribution is -2.54. The summed E-state index contributed by atoms with van der Waals surface area (Å²) >= 11 is 0. The van der Waals surface area contributed by atoms with Crippen LogP contribution in [0.2, 0.25) is 0 Å². The van der Waals surface area contributed by atoms with Gasteiger partial charge >= 0.3 is 5.97 Å². The summed E-state index contributed by atoms with van der Waals surface area (Å²) in [5.74, 6) is -4.08. The minimum absolute atomic E-state index is 0.155. The average molecular weight is 359 g/mol. The standard InChI is InChI=1S/C14H25N5O6/c1-7(2)3-8(15)13(24)19-9(4-10(16)20)14(25)18-5-11(21)17-6-12(22)23/h7-9H,3-6,15H2,1-2H3,(H2,16,20)(H,17,21)(H,18,25)(H,19,24)(H,22,23). The number of rotatable bonds is 11. The van der Waals surface area contributed by atoms with Crippen LogP contribution in [0, 0.1) is 5.92 Å². The fraction of sp³-hybridized carbons (Fsp3) is 0.643. The van der Waals surface area contributed by atoms with Gasteiger partial charge in [-0.3, -0.25) is 24.0 Å². The largest absolute Gasteiger partial charge is 0.480 e.